The molecule has 1 aromatic carbocycles. The first-order valence-corrected chi connectivity index (χ1v) is 10.2. The SMILES string of the molecule is CCNC(=NCc1noc(C(C)(C)C)n1)N1CCN(c2ccc(OC)cc2)CC1. The van der Waals surface area contributed by atoms with Gasteiger partial charge in [0.1, 0.15) is 12.3 Å². The van der Waals surface area contributed by atoms with Gasteiger partial charge in [0.25, 0.3) is 0 Å². The van der Waals surface area contributed by atoms with Crippen molar-refractivity contribution in [1.82, 2.24) is 20.4 Å². The zero-order valence-electron chi connectivity index (χ0n) is 18.1. The summed E-state index contributed by atoms with van der Waals surface area (Å²) >= 11 is 0. The molecule has 0 aliphatic carbocycles. The minimum atomic E-state index is -0.156. The van der Waals surface area contributed by atoms with Gasteiger partial charge in [-0.3, -0.25) is 0 Å². The van der Waals surface area contributed by atoms with Gasteiger partial charge in [-0.05, 0) is 31.2 Å². The van der Waals surface area contributed by atoms with Crippen molar-refractivity contribution in [3.8, 4) is 5.75 Å². The molecule has 3 rings (SSSR count). The van der Waals surface area contributed by atoms with Gasteiger partial charge in [-0.2, -0.15) is 4.98 Å². The van der Waals surface area contributed by atoms with Crippen LogP contribution in [-0.4, -0.2) is 60.8 Å². The molecule has 8 nitrogen and oxygen atoms in total. The van der Waals surface area contributed by atoms with Gasteiger partial charge in [0, 0.05) is 43.8 Å². The molecule has 0 unspecified atom stereocenters. The van der Waals surface area contributed by atoms with E-state index in [1.807, 2.05) is 12.1 Å². The number of benzene rings is 1. The van der Waals surface area contributed by atoms with Crippen molar-refractivity contribution in [3.05, 3.63) is 36.0 Å². The number of hydrogen-bond acceptors (Lipinski definition) is 6. The summed E-state index contributed by atoms with van der Waals surface area (Å²) in [4.78, 5) is 13.9. The third-order valence-corrected chi connectivity index (χ3v) is 4.83. The highest BCUT2D eigenvalue weighted by Gasteiger charge is 2.23. The number of aromatic nitrogens is 2. The van der Waals surface area contributed by atoms with Crippen LogP contribution >= 0.6 is 0 Å². The van der Waals surface area contributed by atoms with Crippen LogP contribution in [0.1, 0.15) is 39.4 Å². The van der Waals surface area contributed by atoms with Crippen LogP contribution in [0, 0.1) is 0 Å². The maximum atomic E-state index is 5.37. The fourth-order valence-corrected chi connectivity index (χ4v) is 3.16. The van der Waals surface area contributed by atoms with Crippen LogP contribution in [0.4, 0.5) is 5.69 Å². The molecule has 158 valence electrons. The van der Waals surface area contributed by atoms with E-state index in [1.54, 1.807) is 7.11 Å². The molecule has 0 bridgehead atoms. The number of methoxy groups -OCH3 is 1. The molecule has 0 saturated carbocycles. The predicted molar refractivity (Wildman–Crippen MR) is 115 cm³/mol. The number of anilines is 1. The van der Waals surface area contributed by atoms with Gasteiger partial charge in [0.05, 0.1) is 7.11 Å². The van der Waals surface area contributed by atoms with Crippen molar-refractivity contribution in [1.29, 1.82) is 0 Å². The summed E-state index contributed by atoms with van der Waals surface area (Å²) in [6, 6.07) is 8.22. The normalized spacial score (nSPS) is 15.6. The highest BCUT2D eigenvalue weighted by Crippen LogP contribution is 2.21. The molecule has 2 heterocycles. The first-order chi connectivity index (χ1) is 13.9. The third-order valence-electron chi connectivity index (χ3n) is 4.83. The van der Waals surface area contributed by atoms with E-state index < -0.39 is 0 Å². The number of piperazine rings is 1. The Kier molecular flexibility index (Phi) is 6.61. The van der Waals surface area contributed by atoms with Crippen LogP contribution in [0.15, 0.2) is 33.8 Å². The molecule has 1 saturated heterocycles. The lowest BCUT2D eigenvalue weighted by molar-refractivity contribution is 0.318. The smallest absolute Gasteiger partial charge is 0.232 e. The highest BCUT2D eigenvalue weighted by atomic mass is 16.5. The molecule has 1 aliphatic rings. The second kappa shape index (κ2) is 9.15. The fraction of sp³-hybridized carbons (Fsp3) is 0.571. The van der Waals surface area contributed by atoms with E-state index >= 15 is 0 Å². The molecule has 0 atom stereocenters. The summed E-state index contributed by atoms with van der Waals surface area (Å²) in [6.45, 7) is 13.1. The van der Waals surface area contributed by atoms with Crippen molar-refractivity contribution in [2.45, 2.75) is 39.7 Å². The second-order valence-electron chi connectivity index (χ2n) is 8.11. The maximum Gasteiger partial charge on any atom is 0.232 e. The van der Waals surface area contributed by atoms with E-state index in [4.69, 9.17) is 14.3 Å². The lowest BCUT2D eigenvalue weighted by Gasteiger charge is -2.37. The molecular weight excluding hydrogens is 368 g/mol. The van der Waals surface area contributed by atoms with E-state index in [9.17, 15) is 0 Å². The van der Waals surface area contributed by atoms with Gasteiger partial charge >= 0.3 is 0 Å². The second-order valence-corrected chi connectivity index (χ2v) is 8.11. The minimum absolute atomic E-state index is 0.156. The molecule has 1 fully saturated rings. The van der Waals surface area contributed by atoms with Crippen molar-refractivity contribution in [2.24, 2.45) is 4.99 Å². The molecule has 2 aromatic rings. The summed E-state index contributed by atoms with van der Waals surface area (Å²) in [5.41, 5.74) is 1.06. The fourth-order valence-electron chi connectivity index (χ4n) is 3.16. The Hall–Kier alpha value is -2.77. The molecule has 0 radical (unpaired) electrons. The van der Waals surface area contributed by atoms with Crippen molar-refractivity contribution in [2.75, 3.05) is 44.7 Å². The Morgan fingerprint density at radius 1 is 1.17 bits per heavy atom. The molecule has 29 heavy (non-hydrogen) atoms. The molecule has 1 N–H and O–H groups in total. The highest BCUT2D eigenvalue weighted by molar-refractivity contribution is 5.80. The van der Waals surface area contributed by atoms with Crippen LogP contribution in [0.25, 0.3) is 0 Å². The molecular formula is C21H32N6O2. The number of aliphatic imine (C=N–C) groups is 1. The topological polar surface area (TPSA) is 79.0 Å². The molecule has 0 spiro atoms. The lowest BCUT2D eigenvalue weighted by Crippen LogP contribution is -2.52. The Bertz CT molecular complexity index is 801. The Morgan fingerprint density at radius 3 is 2.41 bits per heavy atom. The van der Waals surface area contributed by atoms with Gasteiger partial charge < -0.3 is 24.4 Å². The quantitative estimate of drug-likeness (QED) is 0.610. The number of nitrogens with one attached hydrogen (secondary N) is 1. The van der Waals surface area contributed by atoms with Gasteiger partial charge in [-0.15, -0.1) is 0 Å². The summed E-state index contributed by atoms with van der Waals surface area (Å²) in [5.74, 6) is 3.03. The van der Waals surface area contributed by atoms with Gasteiger partial charge in [0.2, 0.25) is 5.89 Å². The van der Waals surface area contributed by atoms with E-state index in [0.29, 0.717) is 18.3 Å². The molecule has 0 amide bonds. The first-order valence-electron chi connectivity index (χ1n) is 10.2. The number of guanidine groups is 1. The molecule has 1 aliphatic heterocycles. The van der Waals surface area contributed by atoms with Crippen LogP contribution < -0.4 is 15.0 Å². The van der Waals surface area contributed by atoms with Crippen LogP contribution in [-0.2, 0) is 12.0 Å². The van der Waals surface area contributed by atoms with Gasteiger partial charge in [-0.25, -0.2) is 4.99 Å². The summed E-state index contributed by atoms with van der Waals surface area (Å²) in [7, 11) is 1.69. The van der Waals surface area contributed by atoms with E-state index in [2.05, 4.69) is 65.1 Å². The Balaban J connectivity index is 1.61. The van der Waals surface area contributed by atoms with Crippen LogP contribution in [0.2, 0.25) is 0 Å². The number of nitrogens with zero attached hydrogens (tertiary/aromatic N) is 5. The van der Waals surface area contributed by atoms with Crippen LogP contribution in [0.3, 0.4) is 0 Å². The standard InChI is InChI=1S/C21H32N6O2/c1-6-22-20(23-15-18-24-19(29-25-18)21(2,3)4)27-13-11-26(12-14-27)16-7-9-17(28-5)10-8-16/h7-10H,6,11-15H2,1-5H3,(H,22,23). The number of ether oxygens (including phenoxy) is 1. The Labute approximate surface area is 172 Å². The third kappa shape index (κ3) is 5.40. The van der Waals surface area contributed by atoms with E-state index in [-0.39, 0.29) is 5.41 Å². The van der Waals surface area contributed by atoms with Gasteiger partial charge in [0.15, 0.2) is 11.8 Å². The lowest BCUT2D eigenvalue weighted by atomic mass is 9.97. The van der Waals surface area contributed by atoms with Crippen LogP contribution in [0.5, 0.6) is 5.75 Å². The van der Waals surface area contributed by atoms with E-state index in [0.717, 1.165) is 44.4 Å². The molecule has 8 heteroatoms. The predicted octanol–water partition coefficient (Wildman–Crippen LogP) is 2.66. The minimum Gasteiger partial charge on any atom is -0.497 e. The summed E-state index contributed by atoms with van der Waals surface area (Å²) < 4.78 is 10.6. The summed E-state index contributed by atoms with van der Waals surface area (Å²) in [5, 5.41) is 7.45. The Morgan fingerprint density at radius 2 is 1.86 bits per heavy atom. The van der Waals surface area contributed by atoms with Crippen molar-refractivity contribution >= 4 is 11.6 Å². The van der Waals surface area contributed by atoms with Gasteiger partial charge in [-0.1, -0.05) is 25.9 Å². The zero-order valence-corrected chi connectivity index (χ0v) is 18.1. The largest absolute Gasteiger partial charge is 0.497 e. The maximum absolute atomic E-state index is 5.37. The monoisotopic (exact) mass is 400 g/mol. The van der Waals surface area contributed by atoms with Crippen molar-refractivity contribution < 1.29 is 9.26 Å². The van der Waals surface area contributed by atoms with E-state index in [1.165, 1.54) is 5.69 Å². The zero-order chi connectivity index (χ0) is 20.9. The number of rotatable bonds is 5. The first kappa shape index (κ1) is 21.0. The average Bonchev–Trinajstić information content (AvgIpc) is 3.21. The number of hydrogen-bond donors (Lipinski definition) is 1. The average molecular weight is 401 g/mol. The summed E-state index contributed by atoms with van der Waals surface area (Å²) in [6.07, 6.45) is 0. The van der Waals surface area contributed by atoms with Crippen molar-refractivity contribution in [3.63, 3.8) is 0 Å². The molecule has 1 aromatic heterocycles.